The zero-order valence-electron chi connectivity index (χ0n) is 6.60. The number of hydrogen-bond donors (Lipinski definition) is 0. The van der Waals surface area contributed by atoms with Crippen LogP contribution in [-0.4, -0.2) is 11.6 Å². The van der Waals surface area contributed by atoms with Crippen LogP contribution in [0.5, 0.6) is 0 Å². The molecule has 2 heteroatoms. The van der Waals surface area contributed by atoms with Crippen LogP contribution in [0.2, 0.25) is 0 Å². The fraction of sp³-hybridized carbons (Fsp3) is 0.500. The summed E-state index contributed by atoms with van der Waals surface area (Å²) >= 11 is 0. The third-order valence-corrected chi connectivity index (χ3v) is 0.873. The van der Waals surface area contributed by atoms with E-state index in [1.165, 1.54) is 13.0 Å². The second-order valence-corrected chi connectivity index (χ2v) is 2.57. The maximum atomic E-state index is 10.8. The van der Waals surface area contributed by atoms with Crippen LogP contribution in [-0.2, 0) is 9.59 Å². The number of ketones is 2. The first-order chi connectivity index (χ1) is 4.52. The summed E-state index contributed by atoms with van der Waals surface area (Å²) in [5.74, 6) is -0.185. The molecule has 2 nitrogen and oxygen atoms in total. The second kappa shape index (κ2) is 3.99. The predicted molar refractivity (Wildman–Crippen MR) is 39.7 cm³/mol. The summed E-state index contributed by atoms with van der Waals surface area (Å²) in [5, 5.41) is 0. The third kappa shape index (κ3) is 5.22. The Labute approximate surface area is 60.9 Å². The van der Waals surface area contributed by atoms with Crippen LogP contribution in [0.4, 0.5) is 0 Å². The van der Waals surface area contributed by atoms with Crippen molar-refractivity contribution in [3.05, 3.63) is 11.6 Å². The molecule has 0 N–H and O–H groups in total. The van der Waals surface area contributed by atoms with E-state index in [2.05, 4.69) is 0 Å². The summed E-state index contributed by atoms with van der Waals surface area (Å²) in [4.78, 5) is 21.2. The highest BCUT2D eigenvalue weighted by Gasteiger charge is 1.99. The molecule has 56 valence electrons. The normalized spacial score (nSPS) is 8.70. The zero-order chi connectivity index (χ0) is 8.15. The largest absolute Gasteiger partial charge is 0.300 e. The molecule has 0 spiro atoms. The lowest BCUT2D eigenvalue weighted by atomic mass is 10.2. The lowest BCUT2D eigenvalue weighted by Crippen LogP contribution is -2.00. The standard InChI is InChI=1S/C8H12O2/c1-6(2)4-8(10)5-7(3)9/h4H,5H2,1-3H3. The Kier molecular flexibility index (Phi) is 3.62. The molecule has 0 bridgehead atoms. The van der Waals surface area contributed by atoms with Gasteiger partial charge in [0, 0.05) is 0 Å². The first-order valence-corrected chi connectivity index (χ1v) is 3.19. The van der Waals surface area contributed by atoms with Crippen LogP contribution in [0.3, 0.4) is 0 Å². The topological polar surface area (TPSA) is 34.1 Å². The maximum absolute atomic E-state index is 10.8. The minimum absolute atomic E-state index is 0.0329. The van der Waals surface area contributed by atoms with Crippen molar-refractivity contribution in [3.8, 4) is 0 Å². The van der Waals surface area contributed by atoms with Gasteiger partial charge < -0.3 is 0 Å². The van der Waals surface area contributed by atoms with E-state index in [0.29, 0.717) is 0 Å². The Morgan fingerprint density at radius 3 is 2.00 bits per heavy atom. The molecule has 0 heterocycles. The highest BCUT2D eigenvalue weighted by Crippen LogP contribution is 1.93. The van der Waals surface area contributed by atoms with E-state index in [1.54, 1.807) is 0 Å². The summed E-state index contributed by atoms with van der Waals surface area (Å²) < 4.78 is 0. The van der Waals surface area contributed by atoms with Gasteiger partial charge in [-0.15, -0.1) is 0 Å². The van der Waals surface area contributed by atoms with E-state index in [-0.39, 0.29) is 18.0 Å². The summed E-state index contributed by atoms with van der Waals surface area (Å²) in [7, 11) is 0. The fourth-order valence-corrected chi connectivity index (χ4v) is 0.618. The number of rotatable bonds is 3. The summed E-state index contributed by atoms with van der Waals surface area (Å²) in [6.07, 6.45) is 1.52. The van der Waals surface area contributed by atoms with Crippen molar-refractivity contribution in [1.29, 1.82) is 0 Å². The van der Waals surface area contributed by atoms with Gasteiger partial charge in [-0.05, 0) is 26.8 Å². The molecule has 0 aliphatic carbocycles. The van der Waals surface area contributed by atoms with E-state index in [1.807, 2.05) is 13.8 Å². The lowest BCUT2D eigenvalue weighted by Gasteiger charge is -1.89. The van der Waals surface area contributed by atoms with Crippen LogP contribution in [0.15, 0.2) is 11.6 Å². The molecule has 10 heavy (non-hydrogen) atoms. The molecule has 0 aromatic carbocycles. The van der Waals surface area contributed by atoms with Crippen LogP contribution in [0.1, 0.15) is 27.2 Å². The van der Waals surface area contributed by atoms with E-state index >= 15 is 0 Å². The first-order valence-electron chi connectivity index (χ1n) is 3.19. The first kappa shape index (κ1) is 9.08. The van der Waals surface area contributed by atoms with Crippen LogP contribution in [0, 0.1) is 0 Å². The second-order valence-electron chi connectivity index (χ2n) is 2.57. The number of Topliss-reactive ketones (excluding diaryl/α,β-unsaturated/α-hetero) is 1. The Balaban J connectivity index is 3.88. The van der Waals surface area contributed by atoms with Crippen molar-refractivity contribution in [2.45, 2.75) is 27.2 Å². The number of carbonyl (C=O) groups is 2. The Bertz CT molecular complexity index is 174. The van der Waals surface area contributed by atoms with E-state index in [9.17, 15) is 9.59 Å². The van der Waals surface area contributed by atoms with Crippen LogP contribution in [0.25, 0.3) is 0 Å². The van der Waals surface area contributed by atoms with Gasteiger partial charge in [0.2, 0.25) is 0 Å². The van der Waals surface area contributed by atoms with E-state index in [0.717, 1.165) is 5.57 Å². The fourth-order valence-electron chi connectivity index (χ4n) is 0.618. The maximum Gasteiger partial charge on any atom is 0.162 e. The van der Waals surface area contributed by atoms with Gasteiger partial charge in [-0.25, -0.2) is 0 Å². The van der Waals surface area contributed by atoms with Crippen LogP contribution < -0.4 is 0 Å². The zero-order valence-corrected chi connectivity index (χ0v) is 6.60. The highest BCUT2D eigenvalue weighted by atomic mass is 16.1. The number of hydrogen-bond acceptors (Lipinski definition) is 2. The molecule has 0 aromatic heterocycles. The molecule has 0 saturated heterocycles. The molecule has 0 amide bonds. The number of carbonyl (C=O) groups excluding carboxylic acids is 2. The van der Waals surface area contributed by atoms with Gasteiger partial charge >= 0.3 is 0 Å². The Morgan fingerprint density at radius 2 is 1.70 bits per heavy atom. The molecule has 0 aromatic rings. The molecular weight excluding hydrogens is 128 g/mol. The highest BCUT2D eigenvalue weighted by molar-refractivity contribution is 6.03. The molecule has 0 radical (unpaired) electrons. The van der Waals surface area contributed by atoms with Gasteiger partial charge in [-0.2, -0.15) is 0 Å². The number of allylic oxidation sites excluding steroid dienone is 2. The molecule has 0 unspecified atom stereocenters. The van der Waals surface area contributed by atoms with Crippen molar-refractivity contribution < 1.29 is 9.59 Å². The molecule has 0 fully saturated rings. The van der Waals surface area contributed by atoms with Crippen molar-refractivity contribution in [2.24, 2.45) is 0 Å². The SMILES string of the molecule is CC(=O)CC(=O)C=C(C)C. The minimum Gasteiger partial charge on any atom is -0.300 e. The van der Waals surface area contributed by atoms with Gasteiger partial charge in [0.05, 0.1) is 6.42 Å². The van der Waals surface area contributed by atoms with E-state index < -0.39 is 0 Å². The summed E-state index contributed by atoms with van der Waals surface area (Å²) in [6, 6.07) is 0. The summed E-state index contributed by atoms with van der Waals surface area (Å²) in [5.41, 5.74) is 0.936. The Hall–Kier alpha value is -0.920. The molecule has 0 rings (SSSR count). The quantitative estimate of drug-likeness (QED) is 0.439. The smallest absolute Gasteiger partial charge is 0.162 e. The van der Waals surface area contributed by atoms with Crippen molar-refractivity contribution in [1.82, 2.24) is 0 Å². The van der Waals surface area contributed by atoms with Gasteiger partial charge in [0.15, 0.2) is 5.78 Å². The van der Waals surface area contributed by atoms with Gasteiger partial charge in [-0.3, -0.25) is 9.59 Å². The van der Waals surface area contributed by atoms with Crippen molar-refractivity contribution in [2.75, 3.05) is 0 Å². The molecule has 0 aliphatic heterocycles. The van der Waals surface area contributed by atoms with Crippen LogP contribution >= 0.6 is 0 Å². The van der Waals surface area contributed by atoms with Crippen molar-refractivity contribution in [3.63, 3.8) is 0 Å². The lowest BCUT2D eigenvalue weighted by molar-refractivity contribution is -0.123. The third-order valence-electron chi connectivity index (χ3n) is 0.873. The monoisotopic (exact) mass is 140 g/mol. The summed E-state index contributed by atoms with van der Waals surface area (Å²) in [6.45, 7) is 5.08. The van der Waals surface area contributed by atoms with Gasteiger partial charge in [0.25, 0.3) is 0 Å². The Morgan fingerprint density at radius 1 is 1.20 bits per heavy atom. The van der Waals surface area contributed by atoms with E-state index in [4.69, 9.17) is 0 Å². The minimum atomic E-state index is -0.104. The average molecular weight is 140 g/mol. The molecular formula is C8H12O2. The molecule has 0 atom stereocenters. The van der Waals surface area contributed by atoms with Crippen molar-refractivity contribution >= 4 is 11.6 Å². The molecule has 0 saturated carbocycles. The van der Waals surface area contributed by atoms with Gasteiger partial charge in [-0.1, -0.05) is 5.57 Å². The molecule has 0 aliphatic rings. The predicted octanol–water partition coefficient (Wildman–Crippen LogP) is 1.50. The van der Waals surface area contributed by atoms with Gasteiger partial charge in [0.1, 0.15) is 5.78 Å². The average Bonchev–Trinajstić information content (AvgIpc) is 1.58.